The molecule has 1 rings (SSSR count). The van der Waals surface area contributed by atoms with Crippen molar-refractivity contribution in [2.75, 3.05) is 20.1 Å². The first-order valence-electron chi connectivity index (χ1n) is 5.29. The van der Waals surface area contributed by atoms with Crippen LogP contribution >= 0.6 is 11.6 Å². The number of halogens is 1. The molecular formula is C13H15ClO4. The number of rotatable bonds is 5. The Balaban J connectivity index is 3.24. The van der Waals surface area contributed by atoms with E-state index in [4.69, 9.17) is 25.8 Å². The largest absolute Gasteiger partial charge is 0.493 e. The molecule has 0 aliphatic heterocycles. The number of alkyl halides is 1. The second kappa shape index (κ2) is 6.91. The molecule has 18 heavy (non-hydrogen) atoms. The number of hydrogen-bond donors (Lipinski definition) is 0. The molecule has 0 radical (unpaired) electrons. The number of methoxy groups -OCH3 is 2. The molecule has 0 aliphatic carbocycles. The van der Waals surface area contributed by atoms with Crippen molar-refractivity contribution in [3.8, 4) is 17.2 Å². The fourth-order valence-electron chi connectivity index (χ4n) is 1.42. The number of benzene rings is 1. The third-order valence-corrected chi connectivity index (χ3v) is 2.31. The average Bonchev–Trinajstić information content (AvgIpc) is 2.36. The summed E-state index contributed by atoms with van der Waals surface area (Å²) in [6, 6.07) is 3.48. The summed E-state index contributed by atoms with van der Waals surface area (Å²) in [6.45, 7) is 1.32. The zero-order valence-electron chi connectivity index (χ0n) is 10.5. The first-order valence-corrected chi connectivity index (χ1v) is 5.82. The van der Waals surface area contributed by atoms with Gasteiger partial charge in [-0.3, -0.25) is 4.79 Å². The van der Waals surface area contributed by atoms with Crippen LogP contribution in [0, 0.1) is 0 Å². The van der Waals surface area contributed by atoms with E-state index in [0.29, 0.717) is 17.4 Å². The van der Waals surface area contributed by atoms with Crippen molar-refractivity contribution in [2.24, 2.45) is 0 Å². The van der Waals surface area contributed by atoms with Crippen LogP contribution < -0.4 is 14.2 Å². The lowest BCUT2D eigenvalue weighted by atomic mass is 10.1. The highest BCUT2D eigenvalue weighted by atomic mass is 35.5. The van der Waals surface area contributed by atoms with E-state index in [9.17, 15) is 4.79 Å². The van der Waals surface area contributed by atoms with Gasteiger partial charge in [0.1, 0.15) is 0 Å². The number of carbonyl (C=O) groups excluding carboxylic acids is 1. The Kier molecular flexibility index (Phi) is 5.52. The van der Waals surface area contributed by atoms with E-state index >= 15 is 0 Å². The fraction of sp³-hybridized carbons (Fsp3) is 0.308. The molecule has 0 saturated heterocycles. The Morgan fingerprint density at radius 3 is 2.22 bits per heavy atom. The summed E-state index contributed by atoms with van der Waals surface area (Å²) in [6.07, 6.45) is 3.62. The van der Waals surface area contributed by atoms with Crippen LogP contribution in [0.2, 0.25) is 0 Å². The normalized spacial score (nSPS) is 10.4. The molecule has 0 N–H and O–H groups in total. The Morgan fingerprint density at radius 1 is 1.28 bits per heavy atom. The highest BCUT2D eigenvalue weighted by Crippen LogP contribution is 2.39. The van der Waals surface area contributed by atoms with Crippen LogP contribution in [0.3, 0.4) is 0 Å². The Morgan fingerprint density at radius 2 is 1.83 bits per heavy atom. The SMILES string of the molecule is COc1cc(C=CCCl)cc(OC)c1OC(C)=O. The molecule has 0 saturated carbocycles. The smallest absolute Gasteiger partial charge is 0.308 e. The number of hydrogen-bond acceptors (Lipinski definition) is 4. The molecule has 0 fully saturated rings. The molecule has 0 aliphatic rings. The first kappa shape index (κ1) is 14.4. The summed E-state index contributed by atoms with van der Waals surface area (Å²) in [5.41, 5.74) is 0.847. The average molecular weight is 271 g/mol. The molecule has 5 heteroatoms. The number of esters is 1. The summed E-state index contributed by atoms with van der Waals surface area (Å²) in [4.78, 5) is 11.0. The van der Waals surface area contributed by atoms with Crippen molar-refractivity contribution < 1.29 is 19.0 Å². The third kappa shape index (κ3) is 3.67. The maximum atomic E-state index is 11.0. The maximum Gasteiger partial charge on any atom is 0.308 e. The monoisotopic (exact) mass is 270 g/mol. The van der Waals surface area contributed by atoms with Crippen LogP contribution in [-0.4, -0.2) is 26.1 Å². The maximum absolute atomic E-state index is 11.0. The summed E-state index contributed by atoms with van der Waals surface area (Å²) in [5, 5.41) is 0. The van der Waals surface area contributed by atoms with Crippen molar-refractivity contribution in [3.05, 3.63) is 23.8 Å². The summed E-state index contributed by atoms with van der Waals surface area (Å²) in [7, 11) is 2.99. The van der Waals surface area contributed by atoms with Gasteiger partial charge in [-0.2, -0.15) is 0 Å². The van der Waals surface area contributed by atoms with Gasteiger partial charge >= 0.3 is 5.97 Å². The number of ether oxygens (including phenoxy) is 3. The highest BCUT2D eigenvalue weighted by molar-refractivity contribution is 6.19. The fourth-order valence-corrected chi connectivity index (χ4v) is 1.51. The Hall–Kier alpha value is -1.68. The lowest BCUT2D eigenvalue weighted by Crippen LogP contribution is -2.05. The molecule has 98 valence electrons. The van der Waals surface area contributed by atoms with Crippen molar-refractivity contribution in [2.45, 2.75) is 6.92 Å². The molecular weight excluding hydrogens is 256 g/mol. The zero-order chi connectivity index (χ0) is 13.5. The van der Waals surface area contributed by atoms with Crippen molar-refractivity contribution in [3.63, 3.8) is 0 Å². The van der Waals surface area contributed by atoms with Crippen molar-refractivity contribution in [1.29, 1.82) is 0 Å². The van der Waals surface area contributed by atoms with Gasteiger partial charge in [-0.05, 0) is 17.7 Å². The predicted molar refractivity (Wildman–Crippen MR) is 70.6 cm³/mol. The summed E-state index contributed by atoms with van der Waals surface area (Å²) >= 11 is 5.58. The van der Waals surface area contributed by atoms with Crippen LogP contribution in [0.25, 0.3) is 6.08 Å². The topological polar surface area (TPSA) is 44.8 Å². The summed E-state index contributed by atoms with van der Waals surface area (Å²) in [5.74, 6) is 1.11. The van der Waals surface area contributed by atoms with Gasteiger partial charge in [-0.15, -0.1) is 11.6 Å². The Bertz CT molecular complexity index is 429. The van der Waals surface area contributed by atoms with Crippen molar-refractivity contribution in [1.82, 2.24) is 0 Å². The Labute approximate surface area is 111 Å². The van der Waals surface area contributed by atoms with Gasteiger partial charge in [0.2, 0.25) is 5.75 Å². The zero-order valence-corrected chi connectivity index (χ0v) is 11.3. The van der Waals surface area contributed by atoms with Crippen molar-refractivity contribution >= 4 is 23.6 Å². The van der Waals surface area contributed by atoms with Gasteiger partial charge < -0.3 is 14.2 Å². The van der Waals surface area contributed by atoms with Gasteiger partial charge in [0.15, 0.2) is 11.5 Å². The van der Waals surface area contributed by atoms with E-state index in [-0.39, 0.29) is 5.75 Å². The molecule has 0 bridgehead atoms. The molecule has 0 unspecified atom stereocenters. The van der Waals surface area contributed by atoms with Crippen LogP contribution in [0.1, 0.15) is 12.5 Å². The van der Waals surface area contributed by atoms with Gasteiger partial charge in [0.05, 0.1) is 14.2 Å². The third-order valence-electron chi connectivity index (χ3n) is 2.13. The lowest BCUT2D eigenvalue weighted by molar-refractivity contribution is -0.132. The molecule has 1 aromatic rings. The van der Waals surface area contributed by atoms with Crippen LogP contribution in [0.15, 0.2) is 18.2 Å². The minimum absolute atomic E-state index is 0.274. The highest BCUT2D eigenvalue weighted by Gasteiger charge is 2.15. The van der Waals surface area contributed by atoms with E-state index in [0.717, 1.165) is 5.56 Å². The second-order valence-electron chi connectivity index (χ2n) is 3.40. The molecule has 1 aromatic carbocycles. The van der Waals surface area contributed by atoms with Gasteiger partial charge in [0.25, 0.3) is 0 Å². The first-order chi connectivity index (χ1) is 8.62. The van der Waals surface area contributed by atoms with E-state index < -0.39 is 5.97 Å². The van der Waals surface area contributed by atoms with Crippen LogP contribution in [0.5, 0.6) is 17.2 Å². The molecule has 0 aromatic heterocycles. The quantitative estimate of drug-likeness (QED) is 0.469. The van der Waals surface area contributed by atoms with E-state index in [1.807, 2.05) is 6.08 Å². The van der Waals surface area contributed by atoms with Gasteiger partial charge in [-0.1, -0.05) is 12.2 Å². The minimum atomic E-state index is -0.435. The minimum Gasteiger partial charge on any atom is -0.493 e. The van der Waals surface area contributed by atoms with Crippen LogP contribution in [0.4, 0.5) is 0 Å². The standard InChI is InChI=1S/C13H15ClO4/c1-9(15)18-13-11(16-2)7-10(5-4-6-14)8-12(13)17-3/h4-5,7-8H,6H2,1-3H3. The molecule has 4 nitrogen and oxygen atoms in total. The number of carbonyl (C=O) groups is 1. The predicted octanol–water partition coefficient (Wildman–Crippen LogP) is 2.88. The molecule has 0 heterocycles. The molecule has 0 atom stereocenters. The van der Waals surface area contributed by atoms with E-state index in [1.165, 1.54) is 21.1 Å². The summed E-state index contributed by atoms with van der Waals surface area (Å²) < 4.78 is 15.4. The van der Waals surface area contributed by atoms with Gasteiger partial charge in [0, 0.05) is 12.8 Å². The number of allylic oxidation sites excluding steroid dienone is 1. The molecule has 0 spiro atoms. The van der Waals surface area contributed by atoms with Crippen LogP contribution in [-0.2, 0) is 4.79 Å². The second-order valence-corrected chi connectivity index (χ2v) is 3.71. The van der Waals surface area contributed by atoms with E-state index in [1.54, 1.807) is 18.2 Å². The lowest BCUT2D eigenvalue weighted by Gasteiger charge is -2.13. The van der Waals surface area contributed by atoms with Gasteiger partial charge in [-0.25, -0.2) is 0 Å². The van der Waals surface area contributed by atoms with E-state index in [2.05, 4.69) is 0 Å². The molecule has 0 amide bonds.